The molecule has 0 aliphatic heterocycles. The highest BCUT2D eigenvalue weighted by Gasteiger charge is 2.29. The first kappa shape index (κ1) is 17.2. The lowest BCUT2D eigenvalue weighted by Crippen LogP contribution is -2.53. The van der Waals surface area contributed by atoms with Crippen LogP contribution in [-0.4, -0.2) is 42.0 Å². The smallest absolute Gasteiger partial charge is 0.217 e. The van der Waals surface area contributed by atoms with Gasteiger partial charge >= 0.3 is 0 Å². The van der Waals surface area contributed by atoms with Crippen molar-refractivity contribution in [1.29, 1.82) is 0 Å². The molecule has 124 valence electrons. The van der Waals surface area contributed by atoms with Gasteiger partial charge in [-0.05, 0) is 29.9 Å². The maximum absolute atomic E-state index is 11.3. The van der Waals surface area contributed by atoms with Crippen LogP contribution in [0.25, 0.3) is 10.8 Å². The molecule has 0 radical (unpaired) electrons. The van der Waals surface area contributed by atoms with Crippen molar-refractivity contribution in [1.82, 2.24) is 5.32 Å². The summed E-state index contributed by atoms with van der Waals surface area (Å²) in [6.07, 6.45) is 1.06. The zero-order valence-corrected chi connectivity index (χ0v) is 13.5. The summed E-state index contributed by atoms with van der Waals surface area (Å²) in [6.45, 7) is 0.761. The van der Waals surface area contributed by atoms with Gasteiger partial charge in [0.05, 0.1) is 25.9 Å². The maximum Gasteiger partial charge on any atom is 0.217 e. The van der Waals surface area contributed by atoms with Crippen LogP contribution < -0.4 is 10.1 Å². The molecule has 3 N–H and O–H groups in total. The molecular weight excluding hydrogens is 294 g/mol. The molecule has 2 aromatic carbocycles. The van der Waals surface area contributed by atoms with Gasteiger partial charge in [-0.15, -0.1) is 0 Å². The summed E-state index contributed by atoms with van der Waals surface area (Å²) >= 11 is 0. The molecule has 23 heavy (non-hydrogen) atoms. The molecule has 2 aromatic rings. The van der Waals surface area contributed by atoms with E-state index in [0.717, 1.165) is 22.1 Å². The number of aliphatic hydroxyl groups excluding tert-OH is 2. The Labute approximate surface area is 135 Å². The summed E-state index contributed by atoms with van der Waals surface area (Å²) in [5, 5.41) is 24.0. The Kier molecular flexibility index (Phi) is 5.58. The number of fused-ring (bicyclic) bond motifs is 1. The lowest BCUT2D eigenvalue weighted by atomic mass is 9.90. The topological polar surface area (TPSA) is 78.8 Å². The van der Waals surface area contributed by atoms with Gasteiger partial charge in [0.25, 0.3) is 0 Å². The second kappa shape index (κ2) is 7.44. The predicted molar refractivity (Wildman–Crippen MR) is 89.5 cm³/mol. The Hall–Kier alpha value is -2.11. The molecule has 0 aliphatic rings. The predicted octanol–water partition coefficient (Wildman–Crippen LogP) is 1.64. The second-order valence-corrected chi connectivity index (χ2v) is 5.75. The van der Waals surface area contributed by atoms with E-state index in [0.29, 0.717) is 12.8 Å². The minimum absolute atomic E-state index is 0.271. The zero-order chi connectivity index (χ0) is 16.9. The van der Waals surface area contributed by atoms with E-state index >= 15 is 0 Å². The molecule has 0 bridgehead atoms. The minimum atomic E-state index is -1.01. The molecule has 0 unspecified atom stereocenters. The third-order valence-electron chi connectivity index (χ3n) is 4.11. The highest BCUT2D eigenvalue weighted by atomic mass is 16.5. The van der Waals surface area contributed by atoms with E-state index in [-0.39, 0.29) is 19.1 Å². The Bertz CT molecular complexity index is 680. The number of amides is 1. The van der Waals surface area contributed by atoms with Crippen molar-refractivity contribution in [2.24, 2.45) is 0 Å². The molecule has 0 saturated carbocycles. The summed E-state index contributed by atoms with van der Waals surface area (Å²) in [4.78, 5) is 11.3. The third-order valence-corrected chi connectivity index (χ3v) is 4.11. The zero-order valence-electron chi connectivity index (χ0n) is 13.5. The van der Waals surface area contributed by atoms with Gasteiger partial charge in [0, 0.05) is 12.3 Å². The summed E-state index contributed by atoms with van der Waals surface area (Å²) in [7, 11) is 1.64. The first-order valence-corrected chi connectivity index (χ1v) is 7.60. The molecule has 5 nitrogen and oxygen atoms in total. The van der Waals surface area contributed by atoms with Crippen LogP contribution in [0.1, 0.15) is 18.9 Å². The Morgan fingerprint density at radius 2 is 1.78 bits per heavy atom. The van der Waals surface area contributed by atoms with Crippen LogP contribution in [0.2, 0.25) is 0 Å². The highest BCUT2D eigenvalue weighted by molar-refractivity contribution is 5.91. The summed E-state index contributed by atoms with van der Waals surface area (Å²) < 4.78 is 5.39. The number of rotatable bonds is 7. The van der Waals surface area contributed by atoms with E-state index in [2.05, 4.69) is 5.32 Å². The Morgan fingerprint density at radius 1 is 1.13 bits per heavy atom. The van der Waals surface area contributed by atoms with Crippen molar-refractivity contribution < 1.29 is 19.7 Å². The van der Waals surface area contributed by atoms with Crippen molar-refractivity contribution in [2.75, 3.05) is 20.3 Å². The first-order chi connectivity index (χ1) is 11.0. The van der Waals surface area contributed by atoms with E-state index in [4.69, 9.17) is 4.74 Å². The van der Waals surface area contributed by atoms with Crippen LogP contribution >= 0.6 is 0 Å². The van der Waals surface area contributed by atoms with E-state index in [1.54, 1.807) is 7.11 Å². The van der Waals surface area contributed by atoms with Crippen molar-refractivity contribution in [3.05, 3.63) is 42.0 Å². The van der Waals surface area contributed by atoms with Gasteiger partial charge in [-0.2, -0.15) is 0 Å². The number of carbonyl (C=O) groups excluding carboxylic acids is 1. The van der Waals surface area contributed by atoms with Crippen molar-refractivity contribution in [3.8, 4) is 5.75 Å². The summed E-state index contributed by atoms with van der Waals surface area (Å²) in [6, 6.07) is 11.8. The van der Waals surface area contributed by atoms with Gasteiger partial charge in [0.2, 0.25) is 5.91 Å². The maximum atomic E-state index is 11.3. The molecular formula is C18H23NO4. The van der Waals surface area contributed by atoms with Crippen LogP contribution in [0, 0.1) is 0 Å². The fraction of sp³-hybridized carbons (Fsp3) is 0.389. The normalized spacial score (nSPS) is 11.5. The van der Waals surface area contributed by atoms with Gasteiger partial charge in [-0.25, -0.2) is 0 Å². The van der Waals surface area contributed by atoms with Gasteiger partial charge in [-0.1, -0.05) is 30.3 Å². The number of hydrogen-bond donors (Lipinski definition) is 3. The van der Waals surface area contributed by atoms with E-state index < -0.39 is 5.54 Å². The van der Waals surface area contributed by atoms with Gasteiger partial charge < -0.3 is 20.3 Å². The minimum Gasteiger partial charge on any atom is -0.496 e. The van der Waals surface area contributed by atoms with Crippen LogP contribution in [-0.2, 0) is 11.2 Å². The van der Waals surface area contributed by atoms with Gasteiger partial charge in [0.1, 0.15) is 5.75 Å². The average molecular weight is 317 g/mol. The van der Waals surface area contributed by atoms with Crippen LogP contribution in [0.3, 0.4) is 0 Å². The molecule has 5 heteroatoms. The number of carbonyl (C=O) groups is 1. The molecule has 0 aliphatic carbocycles. The van der Waals surface area contributed by atoms with Gasteiger partial charge in [-0.3, -0.25) is 4.79 Å². The largest absolute Gasteiger partial charge is 0.496 e. The number of methoxy groups -OCH3 is 1. The van der Waals surface area contributed by atoms with Crippen LogP contribution in [0.4, 0.5) is 0 Å². The molecule has 0 atom stereocenters. The number of nitrogens with one attached hydrogen (secondary N) is 1. The third kappa shape index (κ3) is 3.81. The van der Waals surface area contributed by atoms with E-state index in [1.165, 1.54) is 6.92 Å². The summed E-state index contributed by atoms with van der Waals surface area (Å²) in [5.41, 5.74) is 0.0744. The van der Waals surface area contributed by atoms with Crippen molar-refractivity contribution in [2.45, 2.75) is 25.3 Å². The first-order valence-electron chi connectivity index (χ1n) is 7.60. The number of hydrogen-bond acceptors (Lipinski definition) is 4. The van der Waals surface area contributed by atoms with Crippen molar-refractivity contribution >= 4 is 16.7 Å². The fourth-order valence-corrected chi connectivity index (χ4v) is 2.83. The number of ether oxygens (including phenoxy) is 1. The quantitative estimate of drug-likeness (QED) is 0.725. The van der Waals surface area contributed by atoms with Crippen LogP contribution in [0.5, 0.6) is 5.75 Å². The Balaban J connectivity index is 2.30. The molecule has 0 aromatic heterocycles. The van der Waals surface area contributed by atoms with E-state index in [9.17, 15) is 15.0 Å². The van der Waals surface area contributed by atoms with E-state index in [1.807, 2.05) is 36.4 Å². The number of aryl methyl sites for hydroxylation is 1. The standard InChI is InChI=1S/C18H23NO4/c1-13(22)19-18(11-20,12-21)10-9-14-7-8-17(23-2)16-6-4-3-5-15(14)16/h3-8,20-21H,9-12H2,1-2H3,(H,19,22). The second-order valence-electron chi connectivity index (χ2n) is 5.75. The number of aliphatic hydroxyl groups is 2. The SMILES string of the molecule is COc1ccc(CCC(CO)(CO)NC(C)=O)c2ccccc12. The molecule has 0 fully saturated rings. The molecule has 1 amide bonds. The molecule has 0 heterocycles. The lowest BCUT2D eigenvalue weighted by Gasteiger charge is -2.30. The highest BCUT2D eigenvalue weighted by Crippen LogP contribution is 2.29. The number of benzene rings is 2. The Morgan fingerprint density at radius 3 is 2.35 bits per heavy atom. The molecule has 0 saturated heterocycles. The summed E-state index contributed by atoms with van der Waals surface area (Å²) in [5.74, 6) is 0.537. The molecule has 2 rings (SSSR count). The molecule has 0 spiro atoms. The van der Waals surface area contributed by atoms with Crippen molar-refractivity contribution in [3.63, 3.8) is 0 Å². The monoisotopic (exact) mass is 317 g/mol. The van der Waals surface area contributed by atoms with Gasteiger partial charge in [0.15, 0.2) is 0 Å². The van der Waals surface area contributed by atoms with Crippen LogP contribution in [0.15, 0.2) is 36.4 Å². The average Bonchev–Trinajstić information content (AvgIpc) is 2.58. The fourth-order valence-electron chi connectivity index (χ4n) is 2.83. The lowest BCUT2D eigenvalue weighted by molar-refractivity contribution is -0.122.